The minimum absolute atomic E-state index is 0.0303. The molecule has 0 spiro atoms. The molecule has 1 aromatic heterocycles. The van der Waals surface area contributed by atoms with E-state index in [1.165, 1.54) is 12.1 Å². The Morgan fingerprint density at radius 3 is 2.57 bits per heavy atom. The quantitative estimate of drug-likeness (QED) is 0.676. The van der Waals surface area contributed by atoms with Crippen molar-refractivity contribution in [3.8, 4) is 11.5 Å². The van der Waals surface area contributed by atoms with Gasteiger partial charge in [0.05, 0.1) is 34.4 Å². The summed E-state index contributed by atoms with van der Waals surface area (Å²) in [4.78, 5) is 27.6. The molecule has 160 valence electrons. The average Bonchev–Trinajstić information content (AvgIpc) is 2.92. The number of pyridine rings is 1. The van der Waals surface area contributed by atoms with Gasteiger partial charge in [0.2, 0.25) is 0 Å². The third-order valence-corrected chi connectivity index (χ3v) is 4.37. The van der Waals surface area contributed by atoms with E-state index in [-0.39, 0.29) is 22.2 Å². The van der Waals surface area contributed by atoms with Gasteiger partial charge in [-0.1, -0.05) is 23.2 Å². The van der Waals surface area contributed by atoms with E-state index in [0.717, 1.165) is 0 Å². The van der Waals surface area contributed by atoms with Crippen molar-refractivity contribution < 1.29 is 37.0 Å². The van der Waals surface area contributed by atoms with Gasteiger partial charge in [-0.05, 0) is 18.2 Å². The lowest BCUT2D eigenvalue weighted by Gasteiger charge is -2.12. The van der Waals surface area contributed by atoms with E-state index in [1.807, 2.05) is 0 Å². The molecule has 0 radical (unpaired) electrons. The van der Waals surface area contributed by atoms with Crippen molar-refractivity contribution in [2.75, 3.05) is 25.1 Å². The Hall–Kier alpha value is -2.72. The van der Waals surface area contributed by atoms with Crippen LogP contribution in [0.3, 0.4) is 0 Å². The highest BCUT2D eigenvalue weighted by Gasteiger charge is 2.31. The number of aromatic nitrogens is 1. The summed E-state index contributed by atoms with van der Waals surface area (Å²) in [6.45, 7) is 0.0618. The van der Waals surface area contributed by atoms with E-state index in [9.17, 15) is 22.8 Å². The monoisotopic (exact) mass is 464 g/mol. The van der Waals surface area contributed by atoms with Crippen molar-refractivity contribution in [2.24, 2.45) is 0 Å². The highest BCUT2D eigenvalue weighted by atomic mass is 35.5. The zero-order valence-corrected chi connectivity index (χ0v) is 16.5. The minimum Gasteiger partial charge on any atom is -0.489 e. The summed E-state index contributed by atoms with van der Waals surface area (Å²) in [5.74, 6) is -1.43. The molecule has 0 unspecified atom stereocenters. The lowest BCUT2D eigenvalue weighted by atomic mass is 10.2. The molecule has 0 atom stereocenters. The molecule has 30 heavy (non-hydrogen) atoms. The Balaban J connectivity index is 1.62. The van der Waals surface area contributed by atoms with Gasteiger partial charge in [-0.2, -0.15) is 13.2 Å². The van der Waals surface area contributed by atoms with Gasteiger partial charge in [0.25, 0.3) is 5.91 Å². The molecular formula is C18H13Cl2F3N2O5. The Morgan fingerprint density at radius 2 is 1.87 bits per heavy atom. The molecule has 0 saturated carbocycles. The van der Waals surface area contributed by atoms with Gasteiger partial charge in [0, 0.05) is 12.6 Å². The van der Waals surface area contributed by atoms with Crippen LogP contribution in [0, 0.1) is 0 Å². The maximum absolute atomic E-state index is 12.6. The second kappa shape index (κ2) is 8.97. The number of carbonyl (C=O) groups is 2. The number of hydrogen-bond acceptors (Lipinski definition) is 6. The molecule has 0 bridgehead atoms. The van der Waals surface area contributed by atoms with Gasteiger partial charge >= 0.3 is 12.1 Å². The number of ether oxygens (including phenoxy) is 3. The molecule has 1 amide bonds. The Morgan fingerprint density at radius 1 is 1.13 bits per heavy atom. The predicted molar refractivity (Wildman–Crippen MR) is 100 cm³/mol. The maximum Gasteiger partial charge on any atom is 0.417 e. The van der Waals surface area contributed by atoms with Crippen molar-refractivity contribution in [1.82, 2.24) is 4.98 Å². The fraction of sp³-hybridized carbons (Fsp3) is 0.278. The number of hydrogen-bond donors (Lipinski definition) is 1. The standard InChI is InChI=1S/C18H13Cl2F3N2O5/c19-11-4-9(5-13-15(11)29-3-1-2-28-13)17(27)30-8-14(26)25-16-12(20)6-10(7-24-16)18(21,22)23/h4-7H,1-3,8H2,(H,24,25,26). The minimum atomic E-state index is -4.63. The van der Waals surface area contributed by atoms with Gasteiger partial charge in [0.15, 0.2) is 23.9 Å². The van der Waals surface area contributed by atoms with Crippen LogP contribution in [-0.4, -0.2) is 36.7 Å². The second-order valence-electron chi connectivity index (χ2n) is 6.01. The fourth-order valence-electron chi connectivity index (χ4n) is 2.42. The summed E-state index contributed by atoms with van der Waals surface area (Å²) >= 11 is 11.8. The summed E-state index contributed by atoms with van der Waals surface area (Å²) < 4.78 is 53.7. The van der Waals surface area contributed by atoms with Crippen molar-refractivity contribution in [2.45, 2.75) is 12.6 Å². The Bertz CT molecular complexity index is 985. The summed E-state index contributed by atoms with van der Waals surface area (Å²) in [6, 6.07) is 3.31. The molecule has 1 aliphatic heterocycles. The van der Waals surface area contributed by atoms with E-state index in [2.05, 4.69) is 10.3 Å². The number of halogens is 5. The van der Waals surface area contributed by atoms with Crippen molar-refractivity contribution in [3.05, 3.63) is 45.6 Å². The molecule has 1 aliphatic rings. The number of anilines is 1. The molecule has 3 rings (SSSR count). The molecule has 12 heteroatoms. The first-order valence-corrected chi connectivity index (χ1v) is 9.19. The number of esters is 1. The third kappa shape index (κ3) is 5.25. The Kier molecular flexibility index (Phi) is 6.57. The van der Waals surface area contributed by atoms with Crippen LogP contribution in [0.5, 0.6) is 11.5 Å². The van der Waals surface area contributed by atoms with E-state index >= 15 is 0 Å². The highest BCUT2D eigenvalue weighted by Crippen LogP contribution is 2.38. The van der Waals surface area contributed by atoms with E-state index in [1.54, 1.807) is 0 Å². The number of benzene rings is 1. The SMILES string of the molecule is O=C(COC(=O)c1cc(Cl)c2c(c1)OCCCO2)Nc1ncc(C(F)(F)F)cc1Cl. The number of nitrogens with one attached hydrogen (secondary N) is 1. The molecule has 0 saturated heterocycles. The molecule has 2 heterocycles. The third-order valence-electron chi connectivity index (χ3n) is 3.80. The van der Waals surface area contributed by atoms with Crippen LogP contribution in [0.1, 0.15) is 22.3 Å². The molecular weight excluding hydrogens is 452 g/mol. The van der Waals surface area contributed by atoms with Crippen LogP contribution in [0.25, 0.3) is 0 Å². The van der Waals surface area contributed by atoms with Crippen molar-refractivity contribution in [3.63, 3.8) is 0 Å². The average molecular weight is 465 g/mol. The van der Waals surface area contributed by atoms with Gasteiger partial charge in [0.1, 0.15) is 0 Å². The summed E-state index contributed by atoms with van der Waals surface area (Å²) in [5.41, 5.74) is -1.04. The molecule has 0 fully saturated rings. The largest absolute Gasteiger partial charge is 0.489 e. The predicted octanol–water partition coefficient (Wildman–Crippen LogP) is 4.36. The molecule has 0 aliphatic carbocycles. The Labute approximate surface area is 178 Å². The number of alkyl halides is 3. The molecule has 7 nitrogen and oxygen atoms in total. The second-order valence-corrected chi connectivity index (χ2v) is 6.83. The number of fused-ring (bicyclic) bond motifs is 1. The summed E-state index contributed by atoms with van der Waals surface area (Å²) in [7, 11) is 0. The normalized spacial score (nSPS) is 13.4. The van der Waals surface area contributed by atoms with Gasteiger partial charge in [-0.15, -0.1) is 0 Å². The fourth-order valence-corrected chi connectivity index (χ4v) is 2.89. The smallest absolute Gasteiger partial charge is 0.417 e. The number of amides is 1. The first kappa shape index (κ1) is 22.0. The summed E-state index contributed by atoms with van der Waals surface area (Å²) in [6.07, 6.45) is -3.46. The molecule has 1 N–H and O–H groups in total. The van der Waals surface area contributed by atoms with E-state index in [4.69, 9.17) is 37.4 Å². The zero-order chi connectivity index (χ0) is 21.9. The maximum atomic E-state index is 12.6. The summed E-state index contributed by atoms with van der Waals surface area (Å²) in [5, 5.41) is 1.90. The molecule has 1 aromatic carbocycles. The van der Waals surface area contributed by atoms with Gasteiger partial charge in [-0.3, -0.25) is 4.79 Å². The first-order chi connectivity index (χ1) is 14.1. The topological polar surface area (TPSA) is 86.8 Å². The lowest BCUT2D eigenvalue weighted by molar-refractivity contribution is -0.137. The van der Waals surface area contributed by atoms with Crippen LogP contribution < -0.4 is 14.8 Å². The first-order valence-electron chi connectivity index (χ1n) is 8.44. The lowest BCUT2D eigenvalue weighted by Crippen LogP contribution is -2.22. The van der Waals surface area contributed by atoms with Crippen LogP contribution in [0.4, 0.5) is 19.0 Å². The van der Waals surface area contributed by atoms with Gasteiger partial charge in [-0.25, -0.2) is 9.78 Å². The number of nitrogens with zero attached hydrogens (tertiary/aromatic N) is 1. The van der Waals surface area contributed by atoms with Crippen molar-refractivity contribution >= 4 is 40.9 Å². The van der Waals surface area contributed by atoms with Crippen LogP contribution in [-0.2, 0) is 15.7 Å². The van der Waals surface area contributed by atoms with Crippen LogP contribution >= 0.6 is 23.2 Å². The number of carbonyl (C=O) groups excluding carboxylic acids is 2. The van der Waals surface area contributed by atoms with E-state index in [0.29, 0.717) is 37.6 Å². The van der Waals surface area contributed by atoms with Gasteiger partial charge < -0.3 is 19.5 Å². The zero-order valence-electron chi connectivity index (χ0n) is 15.0. The highest BCUT2D eigenvalue weighted by molar-refractivity contribution is 6.33. The van der Waals surface area contributed by atoms with E-state index < -0.39 is 35.2 Å². The number of rotatable bonds is 4. The van der Waals surface area contributed by atoms with Crippen molar-refractivity contribution in [1.29, 1.82) is 0 Å². The van der Waals surface area contributed by atoms with Crippen LogP contribution in [0.2, 0.25) is 10.0 Å². The van der Waals surface area contributed by atoms with Crippen LogP contribution in [0.15, 0.2) is 24.4 Å². The molecule has 2 aromatic rings.